The zero-order valence-corrected chi connectivity index (χ0v) is 12.8. The molecule has 3 heterocycles. The summed E-state index contributed by atoms with van der Waals surface area (Å²) in [5.41, 5.74) is 3.11. The van der Waals surface area contributed by atoms with Gasteiger partial charge in [0, 0.05) is 23.3 Å². The number of hydrogen-bond acceptors (Lipinski definition) is 5. The summed E-state index contributed by atoms with van der Waals surface area (Å²) >= 11 is 0. The predicted molar refractivity (Wildman–Crippen MR) is 89.7 cm³/mol. The summed E-state index contributed by atoms with van der Waals surface area (Å²) in [6.45, 7) is 2.01. The molecule has 4 aromatic rings. The Kier molecular flexibility index (Phi) is 3.13. The van der Waals surface area contributed by atoms with Crippen LogP contribution in [0.25, 0.3) is 16.6 Å². The van der Waals surface area contributed by atoms with E-state index in [2.05, 4.69) is 20.4 Å². The number of benzene rings is 1. The molecule has 0 saturated heterocycles. The number of carboxylic acid groups (broad SMARTS) is 1. The predicted octanol–water partition coefficient (Wildman–Crippen LogP) is 3.03. The van der Waals surface area contributed by atoms with Gasteiger partial charge in [0.1, 0.15) is 5.82 Å². The van der Waals surface area contributed by atoms with Crippen LogP contribution in [0.15, 0.2) is 48.8 Å². The van der Waals surface area contributed by atoms with Gasteiger partial charge in [0.25, 0.3) is 0 Å². The van der Waals surface area contributed by atoms with Gasteiger partial charge in [-0.05, 0) is 30.7 Å². The number of pyridine rings is 1. The molecule has 0 radical (unpaired) electrons. The van der Waals surface area contributed by atoms with Crippen LogP contribution in [0.2, 0.25) is 0 Å². The van der Waals surface area contributed by atoms with Crippen molar-refractivity contribution >= 4 is 34.0 Å². The smallest absolute Gasteiger partial charge is 0.356 e. The third-order valence-corrected chi connectivity index (χ3v) is 3.70. The van der Waals surface area contributed by atoms with Crippen LogP contribution in [0.4, 0.5) is 11.5 Å². The maximum atomic E-state index is 11.2. The maximum absolute atomic E-state index is 11.2. The number of rotatable bonds is 3. The normalized spacial score (nSPS) is 11.0. The molecule has 0 aliphatic carbocycles. The molecule has 24 heavy (non-hydrogen) atoms. The molecule has 0 aliphatic rings. The highest BCUT2D eigenvalue weighted by Crippen LogP contribution is 2.26. The first kappa shape index (κ1) is 14.1. The van der Waals surface area contributed by atoms with Gasteiger partial charge < -0.3 is 10.4 Å². The Hall–Kier alpha value is -3.48. The molecule has 0 atom stereocenters. The second-order valence-electron chi connectivity index (χ2n) is 5.45. The first-order valence-corrected chi connectivity index (χ1v) is 7.32. The van der Waals surface area contributed by atoms with Crippen LogP contribution in [0.1, 0.15) is 16.1 Å². The van der Waals surface area contributed by atoms with E-state index in [1.165, 1.54) is 10.6 Å². The van der Waals surface area contributed by atoms with Gasteiger partial charge in [-0.2, -0.15) is 5.10 Å². The lowest BCUT2D eigenvalue weighted by atomic mass is 10.2. The fourth-order valence-corrected chi connectivity index (χ4v) is 2.62. The zero-order valence-electron chi connectivity index (χ0n) is 12.8. The number of carbonyl (C=O) groups is 1. The van der Waals surface area contributed by atoms with Gasteiger partial charge in [-0.1, -0.05) is 12.1 Å². The van der Waals surface area contributed by atoms with Gasteiger partial charge in [-0.25, -0.2) is 14.3 Å². The van der Waals surface area contributed by atoms with E-state index in [4.69, 9.17) is 5.11 Å². The molecule has 0 spiro atoms. The molecule has 0 amide bonds. The van der Waals surface area contributed by atoms with E-state index in [0.717, 1.165) is 16.6 Å². The molecule has 4 rings (SSSR count). The Morgan fingerprint density at radius 1 is 1.25 bits per heavy atom. The van der Waals surface area contributed by atoms with Crippen LogP contribution in [-0.2, 0) is 0 Å². The van der Waals surface area contributed by atoms with Gasteiger partial charge in [0.15, 0.2) is 11.3 Å². The molecule has 0 bridgehead atoms. The van der Waals surface area contributed by atoms with E-state index in [-0.39, 0.29) is 5.69 Å². The molecular formula is C17H13N5O2. The standard InChI is InChI=1S/C17H13N5O2/c1-10-3-2-4-11(7-10)19-16-12-5-6-18-9-14(12)22-15(20-16)8-13(21-22)17(23)24/h2-9H,1H3,(H,19,20)(H,23,24). The van der Waals surface area contributed by atoms with Gasteiger partial charge in [-0.3, -0.25) is 4.98 Å². The van der Waals surface area contributed by atoms with Crippen molar-refractivity contribution in [2.75, 3.05) is 5.32 Å². The van der Waals surface area contributed by atoms with Crippen LogP contribution in [0.3, 0.4) is 0 Å². The number of aryl methyl sites for hydroxylation is 1. The molecule has 1 aromatic carbocycles. The molecule has 0 saturated carbocycles. The fourth-order valence-electron chi connectivity index (χ4n) is 2.62. The van der Waals surface area contributed by atoms with Crippen molar-refractivity contribution in [3.8, 4) is 0 Å². The van der Waals surface area contributed by atoms with Crippen LogP contribution < -0.4 is 5.32 Å². The number of nitrogens with one attached hydrogen (secondary N) is 1. The highest BCUT2D eigenvalue weighted by Gasteiger charge is 2.14. The highest BCUT2D eigenvalue weighted by molar-refractivity contribution is 5.94. The van der Waals surface area contributed by atoms with Crippen LogP contribution >= 0.6 is 0 Å². The monoisotopic (exact) mass is 319 g/mol. The number of anilines is 2. The lowest BCUT2D eigenvalue weighted by Crippen LogP contribution is -2.01. The van der Waals surface area contributed by atoms with E-state index in [1.54, 1.807) is 12.4 Å². The molecule has 0 fully saturated rings. The van der Waals surface area contributed by atoms with Gasteiger partial charge >= 0.3 is 5.97 Å². The minimum Gasteiger partial charge on any atom is -0.476 e. The van der Waals surface area contributed by atoms with Gasteiger partial charge in [0.2, 0.25) is 0 Å². The second-order valence-corrected chi connectivity index (χ2v) is 5.45. The average Bonchev–Trinajstić information content (AvgIpc) is 3.00. The lowest BCUT2D eigenvalue weighted by molar-refractivity contribution is 0.0690. The minimum atomic E-state index is -1.09. The van der Waals surface area contributed by atoms with Gasteiger partial charge in [-0.15, -0.1) is 0 Å². The number of nitrogens with zero attached hydrogens (tertiary/aromatic N) is 4. The summed E-state index contributed by atoms with van der Waals surface area (Å²) in [6, 6.07) is 11.2. The summed E-state index contributed by atoms with van der Waals surface area (Å²) < 4.78 is 1.49. The first-order valence-electron chi connectivity index (χ1n) is 7.32. The van der Waals surface area contributed by atoms with Crippen molar-refractivity contribution in [3.63, 3.8) is 0 Å². The van der Waals surface area contributed by atoms with Crippen LogP contribution in [0.5, 0.6) is 0 Å². The Balaban J connectivity index is 1.94. The molecule has 0 unspecified atom stereocenters. The Labute approximate surface area is 136 Å². The highest BCUT2D eigenvalue weighted by atomic mass is 16.4. The summed E-state index contributed by atoms with van der Waals surface area (Å²) in [5.74, 6) is -0.465. The molecule has 7 heteroatoms. The van der Waals surface area contributed by atoms with Crippen LogP contribution in [-0.4, -0.2) is 30.7 Å². The number of aromatic carboxylic acids is 1. The molecule has 7 nitrogen and oxygen atoms in total. The van der Waals surface area contributed by atoms with Crippen molar-refractivity contribution < 1.29 is 9.90 Å². The molecule has 0 aliphatic heterocycles. The minimum absolute atomic E-state index is 0.0552. The Bertz CT molecular complexity index is 1090. The topological polar surface area (TPSA) is 92.4 Å². The number of carboxylic acids is 1. The number of aromatic nitrogens is 4. The zero-order chi connectivity index (χ0) is 16.7. The number of hydrogen-bond donors (Lipinski definition) is 2. The summed E-state index contributed by atoms with van der Waals surface area (Å²) in [5, 5.41) is 17.3. The van der Waals surface area contributed by atoms with Gasteiger partial charge in [0.05, 0.1) is 11.7 Å². The second kappa shape index (κ2) is 5.31. The summed E-state index contributed by atoms with van der Waals surface area (Å²) in [6.07, 6.45) is 3.31. The van der Waals surface area contributed by atoms with Crippen molar-refractivity contribution in [1.82, 2.24) is 19.6 Å². The van der Waals surface area contributed by atoms with E-state index in [9.17, 15) is 4.79 Å². The summed E-state index contributed by atoms with van der Waals surface area (Å²) in [4.78, 5) is 19.8. The van der Waals surface area contributed by atoms with E-state index >= 15 is 0 Å². The number of fused-ring (bicyclic) bond motifs is 3. The largest absolute Gasteiger partial charge is 0.476 e. The van der Waals surface area contributed by atoms with Crippen molar-refractivity contribution in [2.24, 2.45) is 0 Å². The Morgan fingerprint density at radius 2 is 2.12 bits per heavy atom. The quantitative estimate of drug-likeness (QED) is 0.603. The Morgan fingerprint density at radius 3 is 2.92 bits per heavy atom. The first-order chi connectivity index (χ1) is 11.6. The lowest BCUT2D eigenvalue weighted by Gasteiger charge is -2.10. The summed E-state index contributed by atoms with van der Waals surface area (Å²) in [7, 11) is 0. The molecule has 118 valence electrons. The molecule has 2 N–H and O–H groups in total. The van der Waals surface area contributed by atoms with Crippen molar-refractivity contribution in [2.45, 2.75) is 6.92 Å². The third kappa shape index (κ3) is 2.32. The van der Waals surface area contributed by atoms with Crippen molar-refractivity contribution in [1.29, 1.82) is 0 Å². The third-order valence-electron chi connectivity index (χ3n) is 3.70. The fraction of sp³-hybridized carbons (Fsp3) is 0.0588. The average molecular weight is 319 g/mol. The SMILES string of the molecule is Cc1cccc(Nc2nc3cc(C(=O)O)nn3c3cnccc23)c1. The maximum Gasteiger partial charge on any atom is 0.356 e. The van der Waals surface area contributed by atoms with Crippen molar-refractivity contribution in [3.05, 3.63) is 60.0 Å². The molecular weight excluding hydrogens is 306 g/mol. The van der Waals surface area contributed by atoms with E-state index in [1.807, 2.05) is 37.3 Å². The van der Waals surface area contributed by atoms with Crippen LogP contribution in [0, 0.1) is 6.92 Å². The van der Waals surface area contributed by atoms with E-state index < -0.39 is 5.97 Å². The molecule has 3 aromatic heterocycles. The van der Waals surface area contributed by atoms with E-state index in [0.29, 0.717) is 17.0 Å².